The molecule has 2 aromatic rings. The number of aryl methyl sites for hydroxylation is 1. The Morgan fingerprint density at radius 2 is 1.82 bits per heavy atom. The van der Waals surface area contributed by atoms with Gasteiger partial charge in [-0.15, -0.1) is 0 Å². The molecule has 0 fully saturated rings. The van der Waals surface area contributed by atoms with Gasteiger partial charge in [-0.2, -0.15) is 0 Å². The minimum Gasteiger partial charge on any atom is -0.479 e. The van der Waals surface area contributed by atoms with E-state index in [2.05, 4.69) is 0 Å². The van der Waals surface area contributed by atoms with Crippen molar-refractivity contribution < 1.29 is 19.2 Å². The van der Waals surface area contributed by atoms with Gasteiger partial charge in [0.05, 0.1) is 4.92 Å². The lowest BCUT2D eigenvalue weighted by Gasteiger charge is -2.14. The van der Waals surface area contributed by atoms with Gasteiger partial charge in [0, 0.05) is 12.1 Å². The first-order valence-corrected chi connectivity index (χ1v) is 6.65. The summed E-state index contributed by atoms with van der Waals surface area (Å²) in [5, 5.41) is 10.6. The van der Waals surface area contributed by atoms with Gasteiger partial charge in [-0.1, -0.05) is 12.1 Å². The first kappa shape index (κ1) is 15.5. The summed E-state index contributed by atoms with van der Waals surface area (Å²) < 4.78 is 10.6. The normalized spacial score (nSPS) is 11.5. The minimum absolute atomic E-state index is 0.0659. The molecule has 0 amide bonds. The molecule has 6 nitrogen and oxygen atoms in total. The molecule has 0 unspecified atom stereocenters. The van der Waals surface area contributed by atoms with Gasteiger partial charge < -0.3 is 9.47 Å². The third-order valence-electron chi connectivity index (χ3n) is 2.90. The fraction of sp³-hybridized carbons (Fsp3) is 0.188. The van der Waals surface area contributed by atoms with Crippen LogP contribution in [0.3, 0.4) is 0 Å². The maximum absolute atomic E-state index is 11.9. The number of non-ortho nitro benzene ring substituents is 1. The molecule has 0 N–H and O–H groups in total. The lowest BCUT2D eigenvalue weighted by atomic mass is 10.2. The highest BCUT2D eigenvalue weighted by molar-refractivity contribution is 5.77. The summed E-state index contributed by atoms with van der Waals surface area (Å²) >= 11 is 0. The van der Waals surface area contributed by atoms with E-state index in [9.17, 15) is 14.9 Å². The van der Waals surface area contributed by atoms with Crippen LogP contribution in [0.15, 0.2) is 48.5 Å². The van der Waals surface area contributed by atoms with Crippen molar-refractivity contribution in [2.45, 2.75) is 20.0 Å². The van der Waals surface area contributed by atoms with Gasteiger partial charge in [0.25, 0.3) is 5.69 Å². The zero-order valence-electron chi connectivity index (χ0n) is 12.2. The van der Waals surface area contributed by atoms with Crippen LogP contribution in [-0.2, 0) is 4.79 Å². The van der Waals surface area contributed by atoms with Gasteiger partial charge in [0.15, 0.2) is 6.10 Å². The first-order valence-electron chi connectivity index (χ1n) is 6.65. The van der Waals surface area contributed by atoms with E-state index in [1.807, 2.05) is 25.1 Å². The second-order valence-corrected chi connectivity index (χ2v) is 4.75. The number of ether oxygens (including phenoxy) is 2. The Morgan fingerprint density at radius 1 is 1.14 bits per heavy atom. The molecule has 0 aliphatic rings. The lowest BCUT2D eigenvalue weighted by Crippen LogP contribution is -2.28. The Bertz CT molecular complexity index is 681. The summed E-state index contributed by atoms with van der Waals surface area (Å²) in [4.78, 5) is 22.0. The highest BCUT2D eigenvalue weighted by Gasteiger charge is 2.18. The zero-order valence-corrected chi connectivity index (χ0v) is 12.2. The standard InChI is InChI=1S/C16H15NO5/c1-11-4-3-5-15(10-11)21-12(2)16(18)22-14-8-6-13(7-9-14)17(19)20/h3-10,12H,1-2H3/t12-/m1/s1. The Balaban J connectivity index is 1.97. The van der Waals surface area contributed by atoms with E-state index in [1.54, 1.807) is 13.0 Å². The molecule has 2 rings (SSSR count). The molecular formula is C16H15NO5. The van der Waals surface area contributed by atoms with Gasteiger partial charge in [0.2, 0.25) is 0 Å². The molecule has 114 valence electrons. The molecule has 22 heavy (non-hydrogen) atoms. The highest BCUT2D eigenvalue weighted by Crippen LogP contribution is 2.19. The molecule has 2 aromatic carbocycles. The number of benzene rings is 2. The number of nitrogens with zero attached hydrogens (tertiary/aromatic N) is 1. The van der Waals surface area contributed by atoms with E-state index in [-0.39, 0.29) is 11.4 Å². The second-order valence-electron chi connectivity index (χ2n) is 4.75. The van der Waals surface area contributed by atoms with Crippen LogP contribution in [0.1, 0.15) is 12.5 Å². The van der Waals surface area contributed by atoms with E-state index < -0.39 is 17.0 Å². The van der Waals surface area contributed by atoms with Crippen LogP contribution < -0.4 is 9.47 Å². The number of nitro benzene ring substituents is 1. The number of esters is 1. The van der Waals surface area contributed by atoms with Crippen LogP contribution in [0.5, 0.6) is 11.5 Å². The molecule has 1 atom stereocenters. The Hall–Kier alpha value is -2.89. The Morgan fingerprint density at radius 3 is 2.41 bits per heavy atom. The molecule has 0 aliphatic heterocycles. The van der Waals surface area contributed by atoms with Crippen molar-refractivity contribution in [3.8, 4) is 11.5 Å². The number of nitro groups is 1. The molecule has 0 saturated heterocycles. The van der Waals surface area contributed by atoms with Crippen molar-refractivity contribution >= 4 is 11.7 Å². The molecule has 0 spiro atoms. The molecule has 0 aliphatic carbocycles. The fourth-order valence-electron chi connectivity index (χ4n) is 1.78. The molecule has 0 heterocycles. The molecule has 6 heteroatoms. The van der Waals surface area contributed by atoms with E-state index in [0.717, 1.165) is 5.56 Å². The van der Waals surface area contributed by atoms with Gasteiger partial charge in [0.1, 0.15) is 11.5 Å². The number of rotatable bonds is 5. The van der Waals surface area contributed by atoms with Crippen molar-refractivity contribution in [2.75, 3.05) is 0 Å². The molecule has 0 saturated carbocycles. The van der Waals surface area contributed by atoms with E-state index in [0.29, 0.717) is 5.75 Å². The zero-order chi connectivity index (χ0) is 16.1. The van der Waals surface area contributed by atoms with Crippen LogP contribution in [0.25, 0.3) is 0 Å². The van der Waals surface area contributed by atoms with E-state index >= 15 is 0 Å². The second kappa shape index (κ2) is 6.71. The SMILES string of the molecule is Cc1cccc(O[C@H](C)C(=O)Oc2ccc([N+](=O)[O-])cc2)c1. The van der Waals surface area contributed by atoms with Crippen molar-refractivity contribution in [1.29, 1.82) is 0 Å². The van der Waals surface area contributed by atoms with Gasteiger partial charge in [-0.25, -0.2) is 4.79 Å². The smallest absolute Gasteiger partial charge is 0.352 e. The largest absolute Gasteiger partial charge is 0.479 e. The van der Waals surface area contributed by atoms with Crippen molar-refractivity contribution in [2.24, 2.45) is 0 Å². The fourth-order valence-corrected chi connectivity index (χ4v) is 1.78. The lowest BCUT2D eigenvalue weighted by molar-refractivity contribution is -0.384. The van der Waals surface area contributed by atoms with Gasteiger partial charge in [-0.05, 0) is 43.7 Å². The summed E-state index contributed by atoms with van der Waals surface area (Å²) in [5.41, 5.74) is 0.956. The number of carbonyl (C=O) groups excluding carboxylic acids is 1. The van der Waals surface area contributed by atoms with Gasteiger partial charge >= 0.3 is 5.97 Å². The molecule has 0 aromatic heterocycles. The van der Waals surface area contributed by atoms with E-state index in [4.69, 9.17) is 9.47 Å². The summed E-state index contributed by atoms with van der Waals surface area (Å²) in [7, 11) is 0. The maximum Gasteiger partial charge on any atom is 0.352 e. The third-order valence-corrected chi connectivity index (χ3v) is 2.90. The number of hydrogen-bond donors (Lipinski definition) is 0. The average molecular weight is 301 g/mol. The van der Waals surface area contributed by atoms with Crippen LogP contribution in [0.4, 0.5) is 5.69 Å². The summed E-state index contributed by atoms with van der Waals surface area (Å²) in [6.07, 6.45) is -0.794. The third kappa shape index (κ3) is 4.05. The monoisotopic (exact) mass is 301 g/mol. The summed E-state index contributed by atoms with van der Waals surface area (Å²) in [5.74, 6) is 0.235. The van der Waals surface area contributed by atoms with Crippen LogP contribution in [-0.4, -0.2) is 17.0 Å². The topological polar surface area (TPSA) is 78.7 Å². The van der Waals surface area contributed by atoms with Crippen LogP contribution >= 0.6 is 0 Å². The van der Waals surface area contributed by atoms with Crippen molar-refractivity contribution in [1.82, 2.24) is 0 Å². The average Bonchev–Trinajstić information content (AvgIpc) is 2.47. The molecular weight excluding hydrogens is 286 g/mol. The Kier molecular flexibility index (Phi) is 4.73. The maximum atomic E-state index is 11.9. The highest BCUT2D eigenvalue weighted by atomic mass is 16.6. The Labute approximate surface area is 127 Å². The van der Waals surface area contributed by atoms with E-state index in [1.165, 1.54) is 24.3 Å². The van der Waals surface area contributed by atoms with Crippen LogP contribution in [0, 0.1) is 17.0 Å². The predicted molar refractivity (Wildman–Crippen MR) is 80.0 cm³/mol. The molecule has 0 radical (unpaired) electrons. The first-order chi connectivity index (χ1) is 10.5. The number of hydrogen-bond acceptors (Lipinski definition) is 5. The van der Waals surface area contributed by atoms with Crippen molar-refractivity contribution in [3.05, 3.63) is 64.2 Å². The molecule has 0 bridgehead atoms. The van der Waals surface area contributed by atoms with Gasteiger partial charge in [-0.3, -0.25) is 10.1 Å². The van der Waals surface area contributed by atoms with Crippen LogP contribution in [0.2, 0.25) is 0 Å². The number of carbonyl (C=O) groups is 1. The predicted octanol–water partition coefficient (Wildman–Crippen LogP) is 3.28. The van der Waals surface area contributed by atoms with Crippen molar-refractivity contribution in [3.63, 3.8) is 0 Å². The summed E-state index contributed by atoms with van der Waals surface area (Å²) in [6, 6.07) is 12.6. The quantitative estimate of drug-likeness (QED) is 0.366. The minimum atomic E-state index is -0.794. The summed E-state index contributed by atoms with van der Waals surface area (Å²) in [6.45, 7) is 3.50.